The van der Waals surface area contributed by atoms with Crippen LogP contribution in [0, 0.1) is 0 Å². The number of carbonyl (C=O) groups is 2. The molecule has 146 valence electrons. The molecule has 1 unspecified atom stereocenters. The molecule has 5 nitrogen and oxygen atoms in total. The summed E-state index contributed by atoms with van der Waals surface area (Å²) in [6.07, 6.45) is 4.95. The summed E-state index contributed by atoms with van der Waals surface area (Å²) in [5.74, 6) is -0.00491. The molecule has 0 aliphatic carbocycles. The topological polar surface area (TPSA) is 66.6 Å². The van der Waals surface area contributed by atoms with Gasteiger partial charge in [-0.2, -0.15) is 0 Å². The van der Waals surface area contributed by atoms with E-state index < -0.39 is 0 Å². The average Bonchev–Trinajstić information content (AvgIpc) is 2.66. The summed E-state index contributed by atoms with van der Waals surface area (Å²) in [5, 5.41) is 0. The van der Waals surface area contributed by atoms with Crippen molar-refractivity contribution in [3.63, 3.8) is 0 Å². The fraction of sp³-hybridized carbons (Fsp3) is 0.600. The molecular weight excluding hydrogens is 350 g/mol. The van der Waals surface area contributed by atoms with E-state index in [2.05, 4.69) is 13.8 Å². The van der Waals surface area contributed by atoms with Gasteiger partial charge in [-0.25, -0.2) is 0 Å². The van der Waals surface area contributed by atoms with Crippen molar-refractivity contribution >= 4 is 24.2 Å². The van der Waals surface area contributed by atoms with Crippen LogP contribution < -0.4 is 5.73 Å². The number of hydrogen-bond acceptors (Lipinski definition) is 3. The van der Waals surface area contributed by atoms with Gasteiger partial charge in [-0.1, -0.05) is 19.9 Å². The molecule has 0 bridgehead atoms. The summed E-state index contributed by atoms with van der Waals surface area (Å²) in [7, 11) is 0. The lowest BCUT2D eigenvalue weighted by Crippen LogP contribution is -2.47. The molecule has 0 saturated carbocycles. The normalized spacial score (nSPS) is 16.7. The van der Waals surface area contributed by atoms with Gasteiger partial charge in [0.25, 0.3) is 11.8 Å². The number of piperidine rings is 1. The minimum Gasteiger partial charge on any atom is -0.339 e. The van der Waals surface area contributed by atoms with E-state index in [9.17, 15) is 9.59 Å². The van der Waals surface area contributed by atoms with E-state index in [1.807, 2.05) is 9.80 Å². The molecule has 1 saturated heterocycles. The Hall–Kier alpha value is -1.59. The van der Waals surface area contributed by atoms with Crippen LogP contribution >= 0.6 is 12.4 Å². The zero-order valence-corrected chi connectivity index (χ0v) is 16.8. The van der Waals surface area contributed by atoms with Gasteiger partial charge in [-0.05, 0) is 50.3 Å². The summed E-state index contributed by atoms with van der Waals surface area (Å²) in [6.45, 7) is 6.86. The van der Waals surface area contributed by atoms with Crippen molar-refractivity contribution in [1.82, 2.24) is 9.80 Å². The Labute approximate surface area is 163 Å². The molecule has 1 aromatic carbocycles. The van der Waals surface area contributed by atoms with Crippen LogP contribution in [0.4, 0.5) is 0 Å². The summed E-state index contributed by atoms with van der Waals surface area (Å²) in [5.41, 5.74) is 7.01. The Balaban J connectivity index is 0.00000338. The zero-order valence-electron chi connectivity index (χ0n) is 15.9. The van der Waals surface area contributed by atoms with Crippen LogP contribution in [0.25, 0.3) is 0 Å². The number of nitrogens with zero attached hydrogens (tertiary/aromatic N) is 2. The Morgan fingerprint density at radius 3 is 2.42 bits per heavy atom. The highest BCUT2D eigenvalue weighted by Crippen LogP contribution is 2.20. The van der Waals surface area contributed by atoms with E-state index in [1.165, 1.54) is 0 Å². The molecular formula is C20H32ClN3O2. The summed E-state index contributed by atoms with van der Waals surface area (Å²) in [6, 6.07) is 7.25. The molecule has 26 heavy (non-hydrogen) atoms. The number of nitrogens with two attached hydrogens (primary N) is 1. The van der Waals surface area contributed by atoms with E-state index in [0.29, 0.717) is 17.7 Å². The molecule has 2 N–H and O–H groups in total. The molecule has 0 aromatic heterocycles. The summed E-state index contributed by atoms with van der Waals surface area (Å²) < 4.78 is 0. The van der Waals surface area contributed by atoms with Gasteiger partial charge < -0.3 is 15.5 Å². The average molecular weight is 382 g/mol. The van der Waals surface area contributed by atoms with Gasteiger partial charge in [0.15, 0.2) is 0 Å². The first kappa shape index (κ1) is 22.5. The molecule has 1 heterocycles. The number of rotatable bonds is 7. The van der Waals surface area contributed by atoms with Crippen LogP contribution in [-0.4, -0.2) is 53.8 Å². The van der Waals surface area contributed by atoms with Crippen molar-refractivity contribution < 1.29 is 9.59 Å². The quantitative estimate of drug-likeness (QED) is 0.787. The number of hydrogen-bond donors (Lipinski definition) is 1. The number of halogens is 1. The summed E-state index contributed by atoms with van der Waals surface area (Å²) in [4.78, 5) is 29.4. The Morgan fingerprint density at radius 1 is 1.15 bits per heavy atom. The fourth-order valence-electron chi connectivity index (χ4n) is 3.50. The lowest BCUT2D eigenvalue weighted by Gasteiger charge is -2.35. The van der Waals surface area contributed by atoms with Gasteiger partial charge in [0, 0.05) is 43.3 Å². The third kappa shape index (κ3) is 5.45. The molecule has 1 aliphatic rings. The maximum absolute atomic E-state index is 12.9. The van der Waals surface area contributed by atoms with Gasteiger partial charge >= 0.3 is 0 Å². The van der Waals surface area contributed by atoms with Crippen LogP contribution in [0.5, 0.6) is 0 Å². The Morgan fingerprint density at radius 2 is 1.81 bits per heavy atom. The van der Waals surface area contributed by atoms with Crippen LogP contribution in [0.15, 0.2) is 24.3 Å². The van der Waals surface area contributed by atoms with E-state index in [0.717, 1.165) is 51.7 Å². The maximum atomic E-state index is 12.9. The molecule has 2 rings (SSSR count). The second kappa shape index (κ2) is 11.2. The molecule has 2 amide bonds. The lowest BCUT2D eigenvalue weighted by atomic mass is 10.00. The lowest BCUT2D eigenvalue weighted by molar-refractivity contribution is 0.0623. The number of likely N-dealkylation sites (tertiary alicyclic amines) is 1. The molecule has 1 atom stereocenters. The molecule has 1 fully saturated rings. The molecule has 6 heteroatoms. The van der Waals surface area contributed by atoms with Gasteiger partial charge in [0.2, 0.25) is 0 Å². The van der Waals surface area contributed by atoms with E-state index in [4.69, 9.17) is 5.73 Å². The largest absolute Gasteiger partial charge is 0.339 e. The highest BCUT2D eigenvalue weighted by molar-refractivity contribution is 5.99. The Bertz CT molecular complexity index is 588. The zero-order chi connectivity index (χ0) is 18.2. The minimum absolute atomic E-state index is 0. The van der Waals surface area contributed by atoms with Crippen LogP contribution in [0.1, 0.15) is 66.7 Å². The number of amides is 2. The second-order valence-corrected chi connectivity index (χ2v) is 6.76. The standard InChI is InChI=1S/C20H31N3O2.ClH/c1-3-11-22(12-4-2)19(24)16-8-7-9-17(14-16)20(25)23-13-6-5-10-18(23)15-21;/h7-9,14,18H,3-6,10-13,15,21H2,1-2H3;1H. The summed E-state index contributed by atoms with van der Waals surface area (Å²) >= 11 is 0. The van der Waals surface area contributed by atoms with Crippen LogP contribution in [0.3, 0.4) is 0 Å². The highest BCUT2D eigenvalue weighted by atomic mass is 35.5. The van der Waals surface area contributed by atoms with Crippen molar-refractivity contribution in [3.05, 3.63) is 35.4 Å². The SMILES string of the molecule is CCCN(CCC)C(=O)c1cccc(C(=O)N2CCCCC2CN)c1.Cl. The first-order valence-electron chi connectivity index (χ1n) is 9.52. The van der Waals surface area contributed by atoms with Gasteiger partial charge in [-0.3, -0.25) is 9.59 Å². The van der Waals surface area contributed by atoms with Crippen LogP contribution in [0.2, 0.25) is 0 Å². The van der Waals surface area contributed by atoms with Crippen LogP contribution in [-0.2, 0) is 0 Å². The van der Waals surface area contributed by atoms with Gasteiger partial charge in [0.05, 0.1) is 0 Å². The van der Waals surface area contributed by atoms with Crippen molar-refractivity contribution in [2.45, 2.75) is 52.0 Å². The van der Waals surface area contributed by atoms with Crippen molar-refractivity contribution in [1.29, 1.82) is 0 Å². The number of benzene rings is 1. The molecule has 1 aliphatic heterocycles. The first-order valence-corrected chi connectivity index (χ1v) is 9.52. The highest BCUT2D eigenvalue weighted by Gasteiger charge is 2.27. The van der Waals surface area contributed by atoms with Crippen molar-refractivity contribution in [2.75, 3.05) is 26.2 Å². The molecule has 1 aromatic rings. The van der Waals surface area contributed by atoms with Crippen molar-refractivity contribution in [2.24, 2.45) is 5.73 Å². The Kier molecular flexibility index (Phi) is 9.66. The monoisotopic (exact) mass is 381 g/mol. The van der Waals surface area contributed by atoms with Crippen molar-refractivity contribution in [3.8, 4) is 0 Å². The predicted octanol–water partition coefficient (Wildman–Crippen LogP) is 3.32. The van der Waals surface area contributed by atoms with E-state index in [1.54, 1.807) is 24.3 Å². The third-order valence-electron chi connectivity index (χ3n) is 4.79. The van der Waals surface area contributed by atoms with E-state index >= 15 is 0 Å². The maximum Gasteiger partial charge on any atom is 0.254 e. The van der Waals surface area contributed by atoms with Gasteiger partial charge in [0.1, 0.15) is 0 Å². The first-order chi connectivity index (χ1) is 12.1. The fourth-order valence-corrected chi connectivity index (χ4v) is 3.50. The minimum atomic E-state index is -0.0117. The van der Waals surface area contributed by atoms with E-state index in [-0.39, 0.29) is 30.3 Å². The predicted molar refractivity (Wildman–Crippen MR) is 108 cm³/mol. The molecule has 0 spiro atoms. The third-order valence-corrected chi connectivity index (χ3v) is 4.79. The number of carbonyl (C=O) groups excluding carboxylic acids is 2. The molecule has 0 radical (unpaired) electrons. The smallest absolute Gasteiger partial charge is 0.254 e. The van der Waals surface area contributed by atoms with Gasteiger partial charge in [-0.15, -0.1) is 12.4 Å². The second-order valence-electron chi connectivity index (χ2n) is 6.76.